The van der Waals surface area contributed by atoms with Crippen LogP contribution in [-0.2, 0) is 0 Å². The van der Waals surface area contributed by atoms with Crippen LogP contribution in [0.15, 0.2) is 60.7 Å². The molecule has 0 atom stereocenters. The van der Waals surface area contributed by atoms with Crippen LogP contribution < -0.4 is 0 Å². The Hall–Kier alpha value is -3.24. The van der Waals surface area contributed by atoms with Crippen LogP contribution >= 0.6 is 11.6 Å². The van der Waals surface area contributed by atoms with Gasteiger partial charge in [-0.2, -0.15) is 0 Å². The van der Waals surface area contributed by atoms with E-state index in [-0.39, 0.29) is 5.75 Å². The monoisotopic (exact) mass is 401 g/mol. The summed E-state index contributed by atoms with van der Waals surface area (Å²) in [6, 6.07) is 19.1. The number of aromatic nitrogens is 3. The van der Waals surface area contributed by atoms with Gasteiger partial charge < -0.3 is 5.11 Å². The molecule has 1 aromatic heterocycles. The summed E-state index contributed by atoms with van der Waals surface area (Å²) < 4.78 is 0. The maximum Gasteiger partial charge on any atom is 0.167 e. The molecule has 3 aromatic carbocycles. The van der Waals surface area contributed by atoms with Gasteiger partial charge in [0.15, 0.2) is 17.5 Å². The van der Waals surface area contributed by atoms with Crippen molar-refractivity contribution in [2.24, 2.45) is 0 Å². The maximum atomic E-state index is 10.5. The van der Waals surface area contributed by atoms with Crippen LogP contribution in [0.2, 0.25) is 5.02 Å². The van der Waals surface area contributed by atoms with Gasteiger partial charge in [-0.1, -0.05) is 47.5 Å². The van der Waals surface area contributed by atoms with E-state index in [1.807, 2.05) is 75.4 Å². The van der Waals surface area contributed by atoms with Crippen molar-refractivity contribution in [2.45, 2.75) is 20.8 Å². The first-order chi connectivity index (χ1) is 13.9. The molecule has 0 fully saturated rings. The third kappa shape index (κ3) is 3.98. The molecule has 29 heavy (non-hydrogen) atoms. The predicted molar refractivity (Wildman–Crippen MR) is 117 cm³/mol. The molecular formula is C24H20ClN3O. The van der Waals surface area contributed by atoms with Gasteiger partial charge in [-0.15, -0.1) is 0 Å². The molecule has 0 aliphatic rings. The van der Waals surface area contributed by atoms with Gasteiger partial charge in [0.1, 0.15) is 5.75 Å². The van der Waals surface area contributed by atoms with E-state index in [1.54, 1.807) is 6.07 Å². The van der Waals surface area contributed by atoms with Crippen molar-refractivity contribution < 1.29 is 5.11 Å². The van der Waals surface area contributed by atoms with E-state index in [4.69, 9.17) is 16.6 Å². The minimum atomic E-state index is 0.143. The summed E-state index contributed by atoms with van der Waals surface area (Å²) in [5, 5.41) is 11.1. The zero-order chi connectivity index (χ0) is 20.5. The lowest BCUT2D eigenvalue weighted by molar-refractivity contribution is 0.476. The number of hydrogen-bond donors (Lipinski definition) is 1. The van der Waals surface area contributed by atoms with Crippen molar-refractivity contribution in [3.8, 4) is 39.9 Å². The molecule has 0 spiro atoms. The van der Waals surface area contributed by atoms with Gasteiger partial charge in [0.05, 0.1) is 5.56 Å². The molecule has 1 heterocycles. The molecule has 4 rings (SSSR count). The second kappa shape index (κ2) is 7.64. The highest BCUT2D eigenvalue weighted by atomic mass is 35.5. The Morgan fingerprint density at radius 2 is 1.24 bits per heavy atom. The molecule has 4 aromatic rings. The molecule has 0 saturated carbocycles. The number of rotatable bonds is 3. The lowest BCUT2D eigenvalue weighted by atomic mass is 10.1. The molecule has 4 nitrogen and oxygen atoms in total. The number of aryl methyl sites for hydroxylation is 3. The summed E-state index contributed by atoms with van der Waals surface area (Å²) >= 11 is 6.12. The zero-order valence-corrected chi connectivity index (χ0v) is 17.2. The number of benzene rings is 3. The number of hydrogen-bond acceptors (Lipinski definition) is 4. The minimum Gasteiger partial charge on any atom is -0.507 e. The van der Waals surface area contributed by atoms with Gasteiger partial charge in [-0.3, -0.25) is 0 Å². The fourth-order valence-corrected chi connectivity index (χ4v) is 3.38. The van der Waals surface area contributed by atoms with Crippen LogP contribution in [0, 0.1) is 20.8 Å². The van der Waals surface area contributed by atoms with Crippen LogP contribution in [0.5, 0.6) is 5.75 Å². The van der Waals surface area contributed by atoms with Crippen molar-refractivity contribution >= 4 is 11.6 Å². The topological polar surface area (TPSA) is 58.9 Å². The van der Waals surface area contributed by atoms with Gasteiger partial charge in [0.2, 0.25) is 0 Å². The first-order valence-corrected chi connectivity index (χ1v) is 9.68. The predicted octanol–water partition coefficient (Wildman–Crippen LogP) is 6.16. The highest BCUT2D eigenvalue weighted by Gasteiger charge is 2.15. The molecule has 0 aliphatic carbocycles. The minimum absolute atomic E-state index is 0.143. The Morgan fingerprint density at radius 3 is 1.90 bits per heavy atom. The molecule has 1 N–H and O–H groups in total. The smallest absolute Gasteiger partial charge is 0.167 e. The zero-order valence-electron chi connectivity index (χ0n) is 16.4. The van der Waals surface area contributed by atoms with E-state index in [2.05, 4.69) is 9.97 Å². The normalized spacial score (nSPS) is 10.9. The number of halogens is 1. The molecule has 0 bridgehead atoms. The third-order valence-corrected chi connectivity index (χ3v) is 5.00. The first kappa shape index (κ1) is 19.1. The molecule has 144 valence electrons. The largest absolute Gasteiger partial charge is 0.507 e. The maximum absolute atomic E-state index is 10.5. The van der Waals surface area contributed by atoms with Crippen LogP contribution in [-0.4, -0.2) is 20.1 Å². The van der Waals surface area contributed by atoms with Crippen LogP contribution in [0.1, 0.15) is 16.7 Å². The van der Waals surface area contributed by atoms with E-state index in [1.165, 1.54) is 0 Å². The Bertz CT molecular complexity index is 1130. The number of aromatic hydroxyl groups is 1. The van der Waals surface area contributed by atoms with E-state index in [9.17, 15) is 5.11 Å². The number of phenolic OH excluding ortho intramolecular Hbond substituents is 1. The van der Waals surface area contributed by atoms with E-state index >= 15 is 0 Å². The molecule has 5 heteroatoms. The molecule has 0 amide bonds. The first-order valence-electron chi connectivity index (χ1n) is 9.30. The van der Waals surface area contributed by atoms with E-state index in [0.717, 1.165) is 27.8 Å². The van der Waals surface area contributed by atoms with Crippen LogP contribution in [0.3, 0.4) is 0 Å². The van der Waals surface area contributed by atoms with Crippen LogP contribution in [0.4, 0.5) is 0 Å². The third-order valence-electron chi connectivity index (χ3n) is 4.77. The molecule has 0 unspecified atom stereocenters. The van der Waals surface area contributed by atoms with Gasteiger partial charge in [-0.25, -0.2) is 15.0 Å². The van der Waals surface area contributed by atoms with Gasteiger partial charge in [0.25, 0.3) is 0 Å². The second-order valence-corrected chi connectivity index (χ2v) is 7.59. The molecular weight excluding hydrogens is 382 g/mol. The fourth-order valence-electron chi connectivity index (χ4n) is 3.16. The van der Waals surface area contributed by atoms with E-state index in [0.29, 0.717) is 28.1 Å². The van der Waals surface area contributed by atoms with Crippen molar-refractivity contribution in [1.29, 1.82) is 0 Å². The van der Waals surface area contributed by atoms with Crippen molar-refractivity contribution in [3.63, 3.8) is 0 Å². The Labute approximate surface area is 174 Å². The van der Waals surface area contributed by atoms with Crippen molar-refractivity contribution in [3.05, 3.63) is 82.4 Å². The van der Waals surface area contributed by atoms with E-state index < -0.39 is 0 Å². The average Bonchev–Trinajstić information content (AvgIpc) is 2.68. The van der Waals surface area contributed by atoms with Gasteiger partial charge >= 0.3 is 0 Å². The summed E-state index contributed by atoms with van der Waals surface area (Å²) in [4.78, 5) is 14.1. The molecule has 0 saturated heterocycles. The number of phenols is 1. The quantitative estimate of drug-likeness (QED) is 0.446. The fraction of sp³-hybridized carbons (Fsp3) is 0.125. The Kier molecular flexibility index (Phi) is 5.03. The van der Waals surface area contributed by atoms with Crippen molar-refractivity contribution in [2.75, 3.05) is 0 Å². The SMILES string of the molecule is Cc1ccc(-c2nc(-c3ccc(Cl)cc3C)nc(-c3ccc(C)cc3O)n2)cc1. The van der Waals surface area contributed by atoms with Gasteiger partial charge in [0, 0.05) is 16.1 Å². The highest BCUT2D eigenvalue weighted by Crippen LogP contribution is 2.31. The van der Waals surface area contributed by atoms with Crippen LogP contribution in [0.25, 0.3) is 34.2 Å². The number of nitrogens with zero attached hydrogens (tertiary/aromatic N) is 3. The standard InChI is InChI=1S/C24H20ClN3O/c1-14-4-7-17(8-5-14)22-26-23(19-11-9-18(25)13-16(19)3)28-24(27-22)20-10-6-15(2)12-21(20)29/h4-13,29H,1-3H3. The summed E-state index contributed by atoms with van der Waals surface area (Å²) in [5.74, 6) is 1.67. The molecule has 0 aliphatic heterocycles. The summed E-state index contributed by atoms with van der Waals surface area (Å²) in [6.45, 7) is 5.94. The van der Waals surface area contributed by atoms with Gasteiger partial charge in [-0.05, 0) is 62.2 Å². The van der Waals surface area contributed by atoms with Crippen molar-refractivity contribution in [1.82, 2.24) is 15.0 Å². The lowest BCUT2D eigenvalue weighted by Gasteiger charge is -2.11. The lowest BCUT2D eigenvalue weighted by Crippen LogP contribution is -2.01. The Morgan fingerprint density at radius 1 is 0.655 bits per heavy atom. The Balaban J connectivity index is 1.95. The highest BCUT2D eigenvalue weighted by molar-refractivity contribution is 6.30. The molecule has 0 radical (unpaired) electrons. The second-order valence-electron chi connectivity index (χ2n) is 7.15. The average molecular weight is 402 g/mol. The summed E-state index contributed by atoms with van der Waals surface area (Å²) in [6.07, 6.45) is 0. The summed E-state index contributed by atoms with van der Waals surface area (Å²) in [5.41, 5.74) is 5.43. The summed E-state index contributed by atoms with van der Waals surface area (Å²) in [7, 11) is 0.